The summed E-state index contributed by atoms with van der Waals surface area (Å²) in [6.07, 6.45) is 0. The Hall–Kier alpha value is -2.96. The van der Waals surface area contributed by atoms with E-state index in [9.17, 15) is 9.59 Å². The maximum atomic E-state index is 12.2. The summed E-state index contributed by atoms with van der Waals surface area (Å²) in [5.74, 6) is 0. The van der Waals surface area contributed by atoms with Crippen LogP contribution in [0.5, 0.6) is 0 Å². The standard InChI is InChI=1S/C14H10N4O3/c1-17-11-10(13(19)18(2)14(17)20)16-12-9(15-11)7-5-3-4-6-8(7)21-12/h3-6H,1-2H3. The number of hydrogen-bond donors (Lipinski definition) is 0. The Labute approximate surface area is 117 Å². The fourth-order valence-corrected chi connectivity index (χ4v) is 2.45. The van der Waals surface area contributed by atoms with Crippen molar-refractivity contribution < 1.29 is 4.42 Å². The molecule has 1 aromatic carbocycles. The Morgan fingerprint density at radius 2 is 1.76 bits per heavy atom. The van der Waals surface area contributed by atoms with E-state index in [1.165, 1.54) is 11.6 Å². The zero-order valence-electron chi connectivity index (χ0n) is 11.3. The maximum Gasteiger partial charge on any atom is 0.332 e. The molecule has 0 spiro atoms. The lowest BCUT2D eigenvalue weighted by molar-refractivity contribution is 0.652. The molecule has 0 atom stereocenters. The van der Waals surface area contributed by atoms with Crippen LogP contribution >= 0.6 is 0 Å². The van der Waals surface area contributed by atoms with Gasteiger partial charge in [0, 0.05) is 19.5 Å². The van der Waals surface area contributed by atoms with Crippen LogP contribution in [0.3, 0.4) is 0 Å². The zero-order chi connectivity index (χ0) is 14.7. The van der Waals surface area contributed by atoms with Gasteiger partial charge in [0.1, 0.15) is 11.1 Å². The van der Waals surface area contributed by atoms with Crippen molar-refractivity contribution in [1.29, 1.82) is 0 Å². The summed E-state index contributed by atoms with van der Waals surface area (Å²) in [5, 5.41) is 0.801. The first-order valence-electron chi connectivity index (χ1n) is 6.33. The molecule has 3 aromatic heterocycles. The predicted molar refractivity (Wildman–Crippen MR) is 77.3 cm³/mol. The van der Waals surface area contributed by atoms with Crippen molar-refractivity contribution in [3.8, 4) is 0 Å². The van der Waals surface area contributed by atoms with Gasteiger partial charge in [-0.2, -0.15) is 0 Å². The van der Waals surface area contributed by atoms with E-state index in [1.807, 2.05) is 18.2 Å². The highest BCUT2D eigenvalue weighted by Gasteiger charge is 2.16. The largest absolute Gasteiger partial charge is 0.436 e. The van der Waals surface area contributed by atoms with E-state index in [0.29, 0.717) is 16.8 Å². The summed E-state index contributed by atoms with van der Waals surface area (Å²) in [7, 11) is 2.97. The SMILES string of the molecule is Cn1c(=O)c2nc3oc4ccccc4c3nc2n(C)c1=O. The third-order valence-corrected chi connectivity index (χ3v) is 3.59. The first-order valence-corrected chi connectivity index (χ1v) is 6.33. The van der Waals surface area contributed by atoms with Crippen molar-refractivity contribution in [2.24, 2.45) is 14.1 Å². The van der Waals surface area contributed by atoms with E-state index < -0.39 is 11.2 Å². The van der Waals surface area contributed by atoms with E-state index in [0.717, 1.165) is 9.95 Å². The average Bonchev–Trinajstić information content (AvgIpc) is 2.87. The molecule has 7 nitrogen and oxygen atoms in total. The van der Waals surface area contributed by atoms with Crippen molar-refractivity contribution in [3.63, 3.8) is 0 Å². The number of fused-ring (bicyclic) bond motifs is 4. The van der Waals surface area contributed by atoms with Crippen LogP contribution in [0.25, 0.3) is 33.4 Å². The van der Waals surface area contributed by atoms with Crippen molar-refractivity contribution >= 4 is 33.4 Å². The molecule has 0 radical (unpaired) electrons. The second kappa shape index (κ2) is 3.78. The normalized spacial score (nSPS) is 11.7. The van der Waals surface area contributed by atoms with Gasteiger partial charge >= 0.3 is 5.69 Å². The molecule has 0 aliphatic carbocycles. The minimum absolute atomic E-state index is 0.117. The summed E-state index contributed by atoms with van der Waals surface area (Å²) in [4.78, 5) is 32.8. The Kier molecular flexibility index (Phi) is 2.13. The van der Waals surface area contributed by atoms with Crippen LogP contribution in [0.15, 0.2) is 38.3 Å². The number of furan rings is 1. The van der Waals surface area contributed by atoms with Crippen molar-refractivity contribution in [2.45, 2.75) is 0 Å². The Balaban J connectivity index is 2.34. The Bertz CT molecular complexity index is 1150. The molecule has 104 valence electrons. The second-order valence-electron chi connectivity index (χ2n) is 4.85. The summed E-state index contributed by atoms with van der Waals surface area (Å²) in [6.45, 7) is 0. The molecule has 7 heteroatoms. The topological polar surface area (TPSA) is 82.9 Å². The molecule has 0 aliphatic rings. The molecule has 0 saturated carbocycles. The summed E-state index contributed by atoms with van der Waals surface area (Å²) in [6, 6.07) is 7.38. The highest BCUT2D eigenvalue weighted by molar-refractivity contribution is 6.02. The quantitative estimate of drug-likeness (QED) is 0.479. The van der Waals surface area contributed by atoms with Crippen LogP contribution in [0.2, 0.25) is 0 Å². The lowest BCUT2D eigenvalue weighted by Gasteiger charge is -2.05. The number of para-hydroxylation sites is 1. The molecule has 4 rings (SSSR count). The highest BCUT2D eigenvalue weighted by atomic mass is 16.3. The third-order valence-electron chi connectivity index (χ3n) is 3.59. The van der Waals surface area contributed by atoms with E-state index in [2.05, 4.69) is 9.97 Å². The first-order chi connectivity index (χ1) is 10.1. The Morgan fingerprint density at radius 1 is 1.00 bits per heavy atom. The molecule has 0 aliphatic heterocycles. The van der Waals surface area contributed by atoms with Crippen molar-refractivity contribution in [3.05, 3.63) is 45.1 Å². The highest BCUT2D eigenvalue weighted by Crippen LogP contribution is 2.26. The molecule has 0 fully saturated rings. The van der Waals surface area contributed by atoms with Crippen LogP contribution in [0.4, 0.5) is 0 Å². The van der Waals surface area contributed by atoms with Gasteiger partial charge in [0.25, 0.3) is 5.56 Å². The summed E-state index contributed by atoms with van der Waals surface area (Å²) < 4.78 is 7.93. The lowest BCUT2D eigenvalue weighted by atomic mass is 10.2. The minimum atomic E-state index is -0.483. The van der Waals surface area contributed by atoms with Gasteiger partial charge < -0.3 is 4.42 Å². The summed E-state index contributed by atoms with van der Waals surface area (Å²) in [5.41, 5.74) is 0.927. The molecular formula is C14H10N4O3. The molecule has 0 bridgehead atoms. The minimum Gasteiger partial charge on any atom is -0.436 e. The van der Waals surface area contributed by atoms with E-state index in [4.69, 9.17) is 4.42 Å². The van der Waals surface area contributed by atoms with Crippen LogP contribution in [0.1, 0.15) is 0 Å². The van der Waals surface area contributed by atoms with Gasteiger partial charge in [0.05, 0.1) is 0 Å². The fourth-order valence-electron chi connectivity index (χ4n) is 2.45. The van der Waals surface area contributed by atoms with Crippen LogP contribution < -0.4 is 11.2 Å². The molecular weight excluding hydrogens is 272 g/mol. The first kappa shape index (κ1) is 11.8. The van der Waals surface area contributed by atoms with E-state index in [-0.39, 0.29) is 11.2 Å². The van der Waals surface area contributed by atoms with Gasteiger partial charge in [0.2, 0.25) is 5.71 Å². The van der Waals surface area contributed by atoms with Gasteiger partial charge in [-0.25, -0.2) is 14.8 Å². The van der Waals surface area contributed by atoms with Gasteiger partial charge in [0.15, 0.2) is 11.2 Å². The number of aryl methyl sites for hydroxylation is 1. The maximum absolute atomic E-state index is 12.2. The van der Waals surface area contributed by atoms with Gasteiger partial charge in [-0.3, -0.25) is 13.9 Å². The van der Waals surface area contributed by atoms with Gasteiger partial charge in [-0.1, -0.05) is 12.1 Å². The molecule has 21 heavy (non-hydrogen) atoms. The molecule has 0 N–H and O–H groups in total. The van der Waals surface area contributed by atoms with Crippen molar-refractivity contribution in [1.82, 2.24) is 19.1 Å². The molecule has 0 saturated heterocycles. The average molecular weight is 282 g/mol. The van der Waals surface area contributed by atoms with Gasteiger partial charge in [-0.05, 0) is 12.1 Å². The lowest BCUT2D eigenvalue weighted by Crippen LogP contribution is -2.37. The summed E-state index contributed by atoms with van der Waals surface area (Å²) >= 11 is 0. The van der Waals surface area contributed by atoms with Crippen LogP contribution in [0, 0.1) is 0 Å². The number of nitrogens with zero attached hydrogens (tertiary/aromatic N) is 4. The molecule has 0 unspecified atom stereocenters. The van der Waals surface area contributed by atoms with Crippen LogP contribution in [-0.2, 0) is 14.1 Å². The molecule has 0 amide bonds. The number of rotatable bonds is 0. The number of benzene rings is 1. The molecule has 3 heterocycles. The second-order valence-corrected chi connectivity index (χ2v) is 4.85. The third kappa shape index (κ3) is 1.42. The number of hydrogen-bond acceptors (Lipinski definition) is 5. The van der Waals surface area contributed by atoms with E-state index in [1.54, 1.807) is 13.1 Å². The van der Waals surface area contributed by atoms with Gasteiger partial charge in [-0.15, -0.1) is 0 Å². The van der Waals surface area contributed by atoms with E-state index >= 15 is 0 Å². The Morgan fingerprint density at radius 3 is 2.57 bits per heavy atom. The number of aromatic nitrogens is 4. The smallest absolute Gasteiger partial charge is 0.332 e. The monoisotopic (exact) mass is 282 g/mol. The predicted octanol–water partition coefficient (Wildman–Crippen LogP) is 0.927. The zero-order valence-corrected chi connectivity index (χ0v) is 11.3. The van der Waals surface area contributed by atoms with Crippen LogP contribution in [-0.4, -0.2) is 19.1 Å². The fraction of sp³-hybridized carbons (Fsp3) is 0.143. The molecule has 4 aromatic rings. The van der Waals surface area contributed by atoms with Crippen molar-refractivity contribution in [2.75, 3.05) is 0 Å².